The van der Waals surface area contributed by atoms with Crippen LogP contribution in [-0.2, 0) is 11.2 Å². The summed E-state index contributed by atoms with van der Waals surface area (Å²) in [5.74, 6) is -0.968. The van der Waals surface area contributed by atoms with Crippen molar-refractivity contribution in [1.29, 1.82) is 0 Å². The van der Waals surface area contributed by atoms with Gasteiger partial charge in [0.15, 0.2) is 0 Å². The van der Waals surface area contributed by atoms with Gasteiger partial charge in [-0.05, 0) is 36.6 Å². The Morgan fingerprint density at radius 1 is 1.64 bits per heavy atom. The van der Waals surface area contributed by atoms with Crippen LogP contribution in [0.25, 0.3) is 0 Å². The maximum atomic E-state index is 10.6. The first-order valence-corrected chi connectivity index (χ1v) is 5.03. The highest BCUT2D eigenvalue weighted by atomic mass is 79.9. The van der Waals surface area contributed by atoms with Crippen molar-refractivity contribution in [2.45, 2.75) is 19.4 Å². The maximum absolute atomic E-state index is 10.6. The van der Waals surface area contributed by atoms with E-state index in [1.165, 1.54) is 0 Å². The van der Waals surface area contributed by atoms with E-state index in [-0.39, 0.29) is 0 Å². The third kappa shape index (κ3) is 2.82. The Bertz CT molecular complexity index is 352. The number of halogens is 1. The number of hydrogen-bond acceptors (Lipinski definition) is 2. The van der Waals surface area contributed by atoms with Crippen LogP contribution < -0.4 is 5.73 Å². The minimum absolute atomic E-state index is 0.362. The number of hydrogen-bond donors (Lipinski definition) is 2. The van der Waals surface area contributed by atoms with Crippen molar-refractivity contribution in [3.8, 4) is 0 Å². The molecule has 4 heteroatoms. The molecule has 3 N–H and O–H groups in total. The van der Waals surface area contributed by atoms with Gasteiger partial charge < -0.3 is 10.8 Å². The van der Waals surface area contributed by atoms with Crippen LogP contribution in [0.4, 0.5) is 0 Å². The zero-order valence-corrected chi connectivity index (χ0v) is 9.41. The SMILES string of the molecule is Cc1ccc(Br)cc1C[C@@H](N)C(=O)O. The molecule has 76 valence electrons. The number of rotatable bonds is 3. The van der Waals surface area contributed by atoms with Crippen molar-refractivity contribution in [2.75, 3.05) is 0 Å². The Kier molecular flexibility index (Phi) is 3.66. The van der Waals surface area contributed by atoms with Gasteiger partial charge in [0.2, 0.25) is 0 Å². The topological polar surface area (TPSA) is 63.3 Å². The summed E-state index contributed by atoms with van der Waals surface area (Å²) >= 11 is 3.34. The minimum Gasteiger partial charge on any atom is -0.480 e. The molecule has 0 fully saturated rings. The molecule has 0 aliphatic heterocycles. The molecule has 0 heterocycles. The van der Waals surface area contributed by atoms with Crippen LogP contribution in [0.5, 0.6) is 0 Å². The molecule has 1 aromatic carbocycles. The molecule has 0 saturated carbocycles. The smallest absolute Gasteiger partial charge is 0.320 e. The number of benzene rings is 1. The first kappa shape index (κ1) is 11.2. The second-order valence-electron chi connectivity index (χ2n) is 3.22. The first-order chi connectivity index (χ1) is 6.50. The third-order valence-corrected chi connectivity index (χ3v) is 2.56. The lowest BCUT2D eigenvalue weighted by Gasteiger charge is -2.09. The molecule has 3 nitrogen and oxygen atoms in total. The summed E-state index contributed by atoms with van der Waals surface area (Å²) in [7, 11) is 0. The number of nitrogens with two attached hydrogens (primary N) is 1. The standard InChI is InChI=1S/C10H12BrNO2/c1-6-2-3-8(11)4-7(6)5-9(12)10(13)14/h2-4,9H,5,12H2,1H3,(H,13,14)/t9-/m1/s1. The highest BCUT2D eigenvalue weighted by Gasteiger charge is 2.13. The van der Waals surface area contributed by atoms with E-state index in [2.05, 4.69) is 15.9 Å². The number of aryl methyl sites for hydroxylation is 1. The Morgan fingerprint density at radius 2 is 2.29 bits per heavy atom. The maximum Gasteiger partial charge on any atom is 0.320 e. The number of carboxylic acid groups (broad SMARTS) is 1. The van der Waals surface area contributed by atoms with Gasteiger partial charge in [0, 0.05) is 4.47 Å². The quantitative estimate of drug-likeness (QED) is 0.867. The Labute approximate surface area is 91.1 Å². The second kappa shape index (κ2) is 4.57. The third-order valence-electron chi connectivity index (χ3n) is 2.07. The largest absolute Gasteiger partial charge is 0.480 e. The molecule has 1 aromatic rings. The Hall–Kier alpha value is -0.870. The molecule has 1 rings (SSSR count). The zero-order valence-electron chi connectivity index (χ0n) is 7.83. The van der Waals surface area contributed by atoms with E-state index in [0.29, 0.717) is 6.42 Å². The minimum atomic E-state index is -0.968. The van der Waals surface area contributed by atoms with E-state index in [9.17, 15) is 4.79 Å². The molecule has 0 spiro atoms. The van der Waals surface area contributed by atoms with Gasteiger partial charge in [-0.2, -0.15) is 0 Å². The van der Waals surface area contributed by atoms with Crippen molar-refractivity contribution in [3.63, 3.8) is 0 Å². The normalized spacial score (nSPS) is 12.5. The van der Waals surface area contributed by atoms with Gasteiger partial charge in [-0.25, -0.2) is 0 Å². The van der Waals surface area contributed by atoms with Crippen LogP contribution >= 0.6 is 15.9 Å². The van der Waals surface area contributed by atoms with E-state index in [1.54, 1.807) is 0 Å². The van der Waals surface area contributed by atoms with E-state index < -0.39 is 12.0 Å². The number of carbonyl (C=O) groups is 1. The molecule has 14 heavy (non-hydrogen) atoms. The lowest BCUT2D eigenvalue weighted by Crippen LogP contribution is -2.32. The summed E-state index contributed by atoms with van der Waals surface area (Å²) in [5, 5.41) is 8.67. The Balaban J connectivity index is 2.85. The fourth-order valence-corrected chi connectivity index (χ4v) is 1.59. The average Bonchev–Trinajstić information content (AvgIpc) is 2.11. The molecule has 0 unspecified atom stereocenters. The molecular weight excluding hydrogens is 246 g/mol. The summed E-state index contributed by atoms with van der Waals surface area (Å²) in [5.41, 5.74) is 7.48. The molecule has 0 amide bonds. The van der Waals surface area contributed by atoms with Crippen molar-refractivity contribution < 1.29 is 9.90 Å². The van der Waals surface area contributed by atoms with Crippen LogP contribution in [0, 0.1) is 6.92 Å². The summed E-state index contributed by atoms with van der Waals surface area (Å²) in [6.07, 6.45) is 0.362. The van der Waals surface area contributed by atoms with E-state index in [0.717, 1.165) is 15.6 Å². The fraction of sp³-hybridized carbons (Fsp3) is 0.300. The van der Waals surface area contributed by atoms with Gasteiger partial charge in [-0.15, -0.1) is 0 Å². The van der Waals surface area contributed by atoms with Crippen molar-refractivity contribution in [2.24, 2.45) is 5.73 Å². The van der Waals surface area contributed by atoms with Gasteiger partial charge in [-0.1, -0.05) is 22.0 Å². The van der Waals surface area contributed by atoms with Gasteiger partial charge >= 0.3 is 5.97 Å². The highest BCUT2D eigenvalue weighted by Crippen LogP contribution is 2.17. The summed E-state index contributed by atoms with van der Waals surface area (Å²) in [6, 6.07) is 4.93. The summed E-state index contributed by atoms with van der Waals surface area (Å²) in [4.78, 5) is 10.6. The van der Waals surface area contributed by atoms with Crippen molar-refractivity contribution in [3.05, 3.63) is 33.8 Å². The summed E-state index contributed by atoms with van der Waals surface area (Å²) < 4.78 is 0.940. The van der Waals surface area contributed by atoms with Gasteiger partial charge in [-0.3, -0.25) is 4.79 Å². The average molecular weight is 258 g/mol. The van der Waals surface area contributed by atoms with Gasteiger partial charge in [0.1, 0.15) is 6.04 Å². The predicted molar refractivity (Wildman–Crippen MR) is 58.2 cm³/mol. The summed E-state index contributed by atoms with van der Waals surface area (Å²) in [6.45, 7) is 1.94. The van der Waals surface area contributed by atoms with E-state index >= 15 is 0 Å². The zero-order chi connectivity index (χ0) is 10.7. The second-order valence-corrected chi connectivity index (χ2v) is 4.14. The van der Waals surface area contributed by atoms with Crippen molar-refractivity contribution >= 4 is 21.9 Å². The molecule has 0 bridgehead atoms. The molecule has 0 aliphatic rings. The molecule has 0 saturated heterocycles. The van der Waals surface area contributed by atoms with Crippen LogP contribution in [0.15, 0.2) is 22.7 Å². The monoisotopic (exact) mass is 257 g/mol. The molecule has 1 atom stereocenters. The van der Waals surface area contributed by atoms with Gasteiger partial charge in [0.25, 0.3) is 0 Å². The number of carboxylic acids is 1. The van der Waals surface area contributed by atoms with E-state index in [4.69, 9.17) is 10.8 Å². The van der Waals surface area contributed by atoms with Crippen LogP contribution in [-0.4, -0.2) is 17.1 Å². The lowest BCUT2D eigenvalue weighted by atomic mass is 10.0. The Morgan fingerprint density at radius 3 is 2.86 bits per heavy atom. The van der Waals surface area contributed by atoms with Crippen LogP contribution in [0.1, 0.15) is 11.1 Å². The molecule has 0 aromatic heterocycles. The number of aliphatic carboxylic acids is 1. The molecule has 0 radical (unpaired) electrons. The van der Waals surface area contributed by atoms with Crippen LogP contribution in [0.3, 0.4) is 0 Å². The first-order valence-electron chi connectivity index (χ1n) is 4.24. The van der Waals surface area contributed by atoms with Gasteiger partial charge in [0.05, 0.1) is 0 Å². The lowest BCUT2D eigenvalue weighted by molar-refractivity contribution is -0.138. The highest BCUT2D eigenvalue weighted by molar-refractivity contribution is 9.10. The molecule has 0 aliphatic carbocycles. The molecular formula is C10H12BrNO2. The van der Waals surface area contributed by atoms with Crippen LogP contribution in [0.2, 0.25) is 0 Å². The predicted octanol–water partition coefficient (Wildman–Crippen LogP) is 1.71. The fourth-order valence-electron chi connectivity index (χ4n) is 1.18. The van der Waals surface area contributed by atoms with Crippen molar-refractivity contribution in [1.82, 2.24) is 0 Å². The van der Waals surface area contributed by atoms with E-state index in [1.807, 2.05) is 25.1 Å².